The molecule has 0 saturated heterocycles. The van der Waals surface area contributed by atoms with Crippen LogP contribution in [0.3, 0.4) is 0 Å². The van der Waals surface area contributed by atoms with Crippen LogP contribution in [0.2, 0.25) is 0 Å². The Morgan fingerprint density at radius 1 is 1.56 bits per heavy atom. The molecule has 1 aromatic rings. The second-order valence-corrected chi connectivity index (χ2v) is 8.17. The van der Waals surface area contributed by atoms with E-state index < -0.39 is 10.0 Å². The normalized spacial score (nSPS) is 17.1. The number of aromatic nitrogens is 1. The first-order valence-corrected chi connectivity index (χ1v) is 8.85. The molecule has 1 aromatic heterocycles. The van der Waals surface area contributed by atoms with Crippen molar-refractivity contribution in [1.29, 1.82) is 0 Å². The summed E-state index contributed by atoms with van der Waals surface area (Å²) in [6.45, 7) is 2.32. The highest BCUT2D eigenvalue weighted by Crippen LogP contribution is 2.31. The Labute approximate surface area is 117 Å². The van der Waals surface area contributed by atoms with Crippen LogP contribution in [0.15, 0.2) is 10.4 Å². The third-order valence-corrected chi connectivity index (χ3v) is 6.73. The van der Waals surface area contributed by atoms with E-state index in [0.717, 1.165) is 24.3 Å². The molecular weight excluding hydrogens is 292 g/mol. The second kappa shape index (κ2) is 5.86. The number of rotatable bonds is 6. The largest absolute Gasteiger partial charge is 0.254 e. The quantitative estimate of drug-likeness (QED) is 0.759. The molecule has 1 fully saturated rings. The molecule has 2 rings (SSSR count). The molecule has 0 amide bonds. The first-order valence-electron chi connectivity index (χ1n) is 6.06. The fourth-order valence-corrected chi connectivity index (χ4v) is 5.05. The molecule has 1 aliphatic carbocycles. The first-order chi connectivity index (χ1) is 8.55. The molecule has 0 spiro atoms. The maximum atomic E-state index is 12.5. The van der Waals surface area contributed by atoms with Crippen LogP contribution >= 0.6 is 22.9 Å². The van der Waals surface area contributed by atoms with Gasteiger partial charge < -0.3 is 0 Å². The molecule has 0 bridgehead atoms. The van der Waals surface area contributed by atoms with Crippen LogP contribution in [0.5, 0.6) is 0 Å². The second-order valence-electron chi connectivity index (χ2n) is 4.44. The highest BCUT2D eigenvalue weighted by atomic mass is 35.5. The molecule has 1 heterocycles. The number of nitrogens with zero attached hydrogens (tertiary/aromatic N) is 2. The van der Waals surface area contributed by atoms with Crippen molar-refractivity contribution in [3.8, 4) is 0 Å². The fraction of sp³-hybridized carbons (Fsp3) is 0.727. The van der Waals surface area contributed by atoms with Gasteiger partial charge in [-0.3, -0.25) is 0 Å². The number of halogens is 1. The Morgan fingerprint density at radius 3 is 2.72 bits per heavy atom. The van der Waals surface area contributed by atoms with Gasteiger partial charge in [-0.05, 0) is 26.2 Å². The zero-order valence-electron chi connectivity index (χ0n) is 10.3. The van der Waals surface area contributed by atoms with E-state index in [-0.39, 0.29) is 6.04 Å². The van der Waals surface area contributed by atoms with E-state index in [1.165, 1.54) is 17.5 Å². The van der Waals surface area contributed by atoms with Crippen molar-refractivity contribution in [3.05, 3.63) is 11.2 Å². The van der Waals surface area contributed by atoms with E-state index in [0.29, 0.717) is 23.1 Å². The van der Waals surface area contributed by atoms with Crippen LogP contribution in [0, 0.1) is 6.92 Å². The molecule has 0 unspecified atom stereocenters. The van der Waals surface area contributed by atoms with Gasteiger partial charge in [0.25, 0.3) is 10.0 Å². The molecule has 18 heavy (non-hydrogen) atoms. The van der Waals surface area contributed by atoms with Gasteiger partial charge in [-0.15, -0.1) is 22.9 Å². The van der Waals surface area contributed by atoms with Crippen molar-refractivity contribution in [2.45, 2.75) is 42.9 Å². The monoisotopic (exact) mass is 308 g/mol. The summed E-state index contributed by atoms with van der Waals surface area (Å²) in [6, 6.07) is 0.153. The van der Waals surface area contributed by atoms with Crippen molar-refractivity contribution < 1.29 is 8.42 Å². The maximum absolute atomic E-state index is 12.5. The minimum Gasteiger partial charge on any atom is -0.249 e. The number of thiazole rings is 1. The molecule has 0 aliphatic heterocycles. The van der Waals surface area contributed by atoms with Crippen LogP contribution in [-0.4, -0.2) is 36.2 Å². The summed E-state index contributed by atoms with van der Waals surface area (Å²) in [7, 11) is -3.38. The minimum atomic E-state index is -3.38. The average Bonchev–Trinajstić information content (AvgIpc) is 2.68. The minimum absolute atomic E-state index is 0.153. The SMILES string of the molecule is Cc1ncc(S(=O)(=O)N(CCCCl)C2CCC2)s1. The zero-order valence-corrected chi connectivity index (χ0v) is 12.7. The van der Waals surface area contributed by atoms with Gasteiger partial charge in [-0.1, -0.05) is 6.42 Å². The summed E-state index contributed by atoms with van der Waals surface area (Å²) in [5.41, 5.74) is 0. The van der Waals surface area contributed by atoms with Gasteiger partial charge >= 0.3 is 0 Å². The Kier molecular flexibility index (Phi) is 4.64. The third-order valence-electron chi connectivity index (χ3n) is 3.16. The molecule has 0 atom stereocenters. The van der Waals surface area contributed by atoms with Gasteiger partial charge in [0.1, 0.15) is 0 Å². The summed E-state index contributed by atoms with van der Waals surface area (Å²) < 4.78 is 27.0. The summed E-state index contributed by atoms with van der Waals surface area (Å²) in [4.78, 5) is 4.04. The lowest BCUT2D eigenvalue weighted by atomic mass is 9.93. The molecule has 1 aliphatic rings. The molecule has 0 N–H and O–H groups in total. The summed E-state index contributed by atoms with van der Waals surface area (Å²) in [5.74, 6) is 0.487. The highest BCUT2D eigenvalue weighted by molar-refractivity contribution is 7.91. The Balaban J connectivity index is 2.22. The number of hydrogen-bond acceptors (Lipinski definition) is 4. The summed E-state index contributed by atoms with van der Waals surface area (Å²) in [6.07, 6.45) is 5.18. The van der Waals surface area contributed by atoms with E-state index in [2.05, 4.69) is 4.98 Å². The van der Waals surface area contributed by atoms with Crippen LogP contribution in [-0.2, 0) is 10.0 Å². The topological polar surface area (TPSA) is 50.3 Å². The molecule has 0 radical (unpaired) electrons. The van der Waals surface area contributed by atoms with Crippen LogP contribution in [0.1, 0.15) is 30.7 Å². The molecule has 7 heteroatoms. The number of alkyl halides is 1. The lowest BCUT2D eigenvalue weighted by Crippen LogP contribution is -2.44. The Morgan fingerprint density at radius 2 is 2.28 bits per heavy atom. The average molecular weight is 309 g/mol. The number of sulfonamides is 1. The fourth-order valence-electron chi connectivity index (χ4n) is 1.97. The van der Waals surface area contributed by atoms with Crippen molar-refractivity contribution in [3.63, 3.8) is 0 Å². The predicted molar refractivity (Wildman–Crippen MR) is 73.7 cm³/mol. The van der Waals surface area contributed by atoms with Crippen molar-refractivity contribution in [2.75, 3.05) is 12.4 Å². The first kappa shape index (κ1) is 14.2. The molecular formula is C11H17ClN2O2S2. The van der Waals surface area contributed by atoms with Gasteiger partial charge in [-0.2, -0.15) is 4.31 Å². The van der Waals surface area contributed by atoms with E-state index in [9.17, 15) is 8.42 Å². The van der Waals surface area contributed by atoms with Crippen LogP contribution < -0.4 is 0 Å². The van der Waals surface area contributed by atoms with Crippen LogP contribution in [0.25, 0.3) is 0 Å². The van der Waals surface area contributed by atoms with Gasteiger partial charge in [0.2, 0.25) is 0 Å². The van der Waals surface area contributed by atoms with Gasteiger partial charge in [0.15, 0.2) is 4.21 Å². The lowest BCUT2D eigenvalue weighted by molar-refractivity contribution is 0.220. The Bertz CT molecular complexity index is 497. The molecule has 4 nitrogen and oxygen atoms in total. The smallest absolute Gasteiger partial charge is 0.249 e. The standard InChI is InChI=1S/C11H17ClN2O2S2/c1-9-13-8-11(17-9)18(15,16)14(7-3-6-12)10-4-2-5-10/h8,10H,2-7H2,1H3. The highest BCUT2D eigenvalue weighted by Gasteiger charge is 2.35. The van der Waals surface area contributed by atoms with E-state index in [1.807, 2.05) is 6.92 Å². The van der Waals surface area contributed by atoms with E-state index in [1.54, 1.807) is 4.31 Å². The predicted octanol–water partition coefficient (Wildman–Crippen LogP) is 2.62. The van der Waals surface area contributed by atoms with Gasteiger partial charge in [-0.25, -0.2) is 13.4 Å². The van der Waals surface area contributed by atoms with Gasteiger partial charge in [0, 0.05) is 18.5 Å². The van der Waals surface area contributed by atoms with Crippen LogP contribution in [0.4, 0.5) is 0 Å². The van der Waals surface area contributed by atoms with Gasteiger partial charge in [0.05, 0.1) is 11.2 Å². The van der Waals surface area contributed by atoms with Crippen molar-refractivity contribution in [1.82, 2.24) is 9.29 Å². The Hall–Kier alpha value is -0.170. The molecule has 102 valence electrons. The van der Waals surface area contributed by atoms with E-state index >= 15 is 0 Å². The maximum Gasteiger partial charge on any atom is 0.254 e. The summed E-state index contributed by atoms with van der Waals surface area (Å²) >= 11 is 6.92. The van der Waals surface area contributed by atoms with Crippen molar-refractivity contribution >= 4 is 33.0 Å². The van der Waals surface area contributed by atoms with E-state index in [4.69, 9.17) is 11.6 Å². The zero-order chi connectivity index (χ0) is 13.2. The third kappa shape index (κ3) is 2.87. The molecule has 1 saturated carbocycles. The summed E-state index contributed by atoms with van der Waals surface area (Å²) in [5, 5.41) is 0.777. The number of aryl methyl sites for hydroxylation is 1. The molecule has 0 aromatic carbocycles. The van der Waals surface area contributed by atoms with Crippen molar-refractivity contribution in [2.24, 2.45) is 0 Å². The number of hydrogen-bond donors (Lipinski definition) is 0. The lowest BCUT2D eigenvalue weighted by Gasteiger charge is -2.36.